The number of nitrogens with two attached hydrogens (primary N) is 1. The van der Waals surface area contributed by atoms with Crippen LogP contribution in [0.15, 0.2) is 12.1 Å². The predicted octanol–water partition coefficient (Wildman–Crippen LogP) is 2.19. The molecule has 1 nitrogen and oxygen atoms in total. The molecular formula is C9H13N. The summed E-state index contributed by atoms with van der Waals surface area (Å²) in [6.45, 7) is 6.25. The molecular weight excluding hydrogens is 122 g/mol. The van der Waals surface area contributed by atoms with Crippen molar-refractivity contribution in [2.24, 2.45) is 0 Å². The first-order valence-electron chi connectivity index (χ1n) is 3.45. The lowest BCUT2D eigenvalue weighted by atomic mass is 10.0. The lowest BCUT2D eigenvalue weighted by Crippen LogP contribution is -1.93. The lowest BCUT2D eigenvalue weighted by Gasteiger charge is -2.05. The zero-order valence-corrected chi connectivity index (χ0v) is 6.73. The Kier molecular flexibility index (Phi) is 1.66. The summed E-state index contributed by atoms with van der Waals surface area (Å²) >= 11 is 0. The third-order valence-corrected chi connectivity index (χ3v) is 2.10. The van der Waals surface area contributed by atoms with E-state index in [2.05, 4.69) is 26.8 Å². The second kappa shape index (κ2) is 2.33. The summed E-state index contributed by atoms with van der Waals surface area (Å²) in [6.07, 6.45) is 0. The van der Waals surface area contributed by atoms with Crippen LogP contribution in [-0.4, -0.2) is 0 Å². The first-order chi connectivity index (χ1) is 4.63. The number of hydrogen-bond acceptors (Lipinski definition) is 1. The average molecular weight is 135 g/mol. The van der Waals surface area contributed by atoms with E-state index in [-0.39, 0.29) is 0 Å². The number of anilines is 1. The van der Waals surface area contributed by atoms with E-state index in [1.165, 1.54) is 16.7 Å². The normalized spacial score (nSPS) is 9.90. The maximum atomic E-state index is 5.69. The Morgan fingerprint density at radius 1 is 1.00 bits per heavy atom. The van der Waals surface area contributed by atoms with Gasteiger partial charge in [-0.05, 0) is 43.5 Å². The number of aryl methyl sites for hydroxylation is 1. The monoisotopic (exact) mass is 135 g/mol. The molecule has 54 valence electrons. The van der Waals surface area contributed by atoms with Crippen molar-refractivity contribution in [1.29, 1.82) is 0 Å². The first kappa shape index (κ1) is 7.13. The van der Waals surface area contributed by atoms with Crippen LogP contribution in [0.1, 0.15) is 16.7 Å². The highest BCUT2D eigenvalue weighted by Crippen LogP contribution is 2.17. The third kappa shape index (κ3) is 0.991. The van der Waals surface area contributed by atoms with Crippen LogP contribution in [0.2, 0.25) is 0 Å². The molecule has 2 N–H and O–H groups in total. The second-order valence-electron chi connectivity index (χ2n) is 2.72. The fraction of sp³-hybridized carbons (Fsp3) is 0.333. The molecule has 1 rings (SSSR count). The van der Waals surface area contributed by atoms with Gasteiger partial charge in [-0.1, -0.05) is 6.07 Å². The van der Waals surface area contributed by atoms with Gasteiger partial charge in [-0.25, -0.2) is 0 Å². The minimum atomic E-state index is 0.892. The van der Waals surface area contributed by atoms with E-state index in [0.29, 0.717) is 0 Å². The van der Waals surface area contributed by atoms with Gasteiger partial charge in [0.2, 0.25) is 0 Å². The van der Waals surface area contributed by atoms with E-state index in [4.69, 9.17) is 5.73 Å². The fourth-order valence-corrected chi connectivity index (χ4v) is 0.977. The molecule has 0 saturated heterocycles. The van der Waals surface area contributed by atoms with E-state index in [1.54, 1.807) is 0 Å². The predicted molar refractivity (Wildman–Crippen MR) is 45.1 cm³/mol. The zero-order chi connectivity index (χ0) is 7.72. The van der Waals surface area contributed by atoms with E-state index in [1.807, 2.05) is 6.07 Å². The largest absolute Gasteiger partial charge is 0.399 e. The van der Waals surface area contributed by atoms with Crippen LogP contribution >= 0.6 is 0 Å². The van der Waals surface area contributed by atoms with Gasteiger partial charge in [0, 0.05) is 5.69 Å². The maximum absolute atomic E-state index is 5.69. The van der Waals surface area contributed by atoms with E-state index in [9.17, 15) is 0 Å². The molecule has 0 aliphatic rings. The van der Waals surface area contributed by atoms with Crippen molar-refractivity contribution in [1.82, 2.24) is 0 Å². The topological polar surface area (TPSA) is 26.0 Å². The van der Waals surface area contributed by atoms with Crippen molar-refractivity contribution in [2.75, 3.05) is 5.73 Å². The molecule has 0 aromatic heterocycles. The molecule has 0 saturated carbocycles. The number of nitrogen functional groups attached to an aromatic ring is 1. The van der Waals surface area contributed by atoms with Crippen LogP contribution in [0.25, 0.3) is 0 Å². The lowest BCUT2D eigenvalue weighted by molar-refractivity contribution is 1.27. The minimum absolute atomic E-state index is 0.892. The second-order valence-corrected chi connectivity index (χ2v) is 2.72. The number of hydrogen-bond donors (Lipinski definition) is 1. The molecule has 1 aromatic rings. The Labute approximate surface area is 61.9 Å². The molecule has 10 heavy (non-hydrogen) atoms. The molecule has 1 heteroatoms. The average Bonchev–Trinajstić information content (AvgIpc) is 1.93. The molecule has 0 atom stereocenters. The van der Waals surface area contributed by atoms with Crippen molar-refractivity contribution < 1.29 is 0 Å². The zero-order valence-electron chi connectivity index (χ0n) is 6.73. The van der Waals surface area contributed by atoms with Crippen molar-refractivity contribution >= 4 is 5.69 Å². The fourth-order valence-electron chi connectivity index (χ4n) is 0.977. The van der Waals surface area contributed by atoms with Crippen LogP contribution in [0, 0.1) is 20.8 Å². The van der Waals surface area contributed by atoms with Crippen LogP contribution < -0.4 is 5.73 Å². The van der Waals surface area contributed by atoms with Gasteiger partial charge in [0.1, 0.15) is 0 Å². The molecule has 0 aliphatic heterocycles. The molecule has 0 radical (unpaired) electrons. The van der Waals surface area contributed by atoms with Gasteiger partial charge in [-0.2, -0.15) is 0 Å². The Morgan fingerprint density at radius 2 is 1.60 bits per heavy atom. The maximum Gasteiger partial charge on any atom is 0.0346 e. The van der Waals surface area contributed by atoms with E-state index < -0.39 is 0 Å². The summed E-state index contributed by atoms with van der Waals surface area (Å²) < 4.78 is 0. The van der Waals surface area contributed by atoms with Crippen LogP contribution in [-0.2, 0) is 0 Å². The Morgan fingerprint density at radius 3 is 2.10 bits per heavy atom. The highest BCUT2D eigenvalue weighted by molar-refractivity contribution is 5.52. The third-order valence-electron chi connectivity index (χ3n) is 2.10. The summed E-state index contributed by atoms with van der Waals surface area (Å²) in [4.78, 5) is 0. The van der Waals surface area contributed by atoms with Crippen LogP contribution in [0.5, 0.6) is 0 Å². The highest BCUT2D eigenvalue weighted by atomic mass is 14.6. The minimum Gasteiger partial charge on any atom is -0.399 e. The molecule has 0 spiro atoms. The number of benzene rings is 1. The molecule has 0 aliphatic carbocycles. The summed E-state index contributed by atoms with van der Waals surface area (Å²) in [6, 6.07) is 4.01. The van der Waals surface area contributed by atoms with Crippen LogP contribution in [0.4, 0.5) is 5.69 Å². The van der Waals surface area contributed by atoms with Crippen molar-refractivity contribution in [3.8, 4) is 0 Å². The van der Waals surface area contributed by atoms with Gasteiger partial charge in [0.15, 0.2) is 0 Å². The van der Waals surface area contributed by atoms with Crippen LogP contribution in [0.3, 0.4) is 0 Å². The van der Waals surface area contributed by atoms with Crippen molar-refractivity contribution in [3.05, 3.63) is 28.8 Å². The first-order valence-corrected chi connectivity index (χ1v) is 3.45. The van der Waals surface area contributed by atoms with Gasteiger partial charge >= 0.3 is 0 Å². The molecule has 0 heterocycles. The molecule has 0 amide bonds. The van der Waals surface area contributed by atoms with Crippen molar-refractivity contribution in [2.45, 2.75) is 20.8 Å². The molecule has 0 unspecified atom stereocenters. The Balaban J connectivity index is 3.34. The smallest absolute Gasteiger partial charge is 0.0346 e. The highest BCUT2D eigenvalue weighted by Gasteiger charge is 1.98. The Bertz CT molecular complexity index is 224. The molecule has 1 aromatic carbocycles. The van der Waals surface area contributed by atoms with Gasteiger partial charge in [-0.3, -0.25) is 0 Å². The molecule has 0 bridgehead atoms. The summed E-state index contributed by atoms with van der Waals surface area (Å²) in [5, 5.41) is 0. The summed E-state index contributed by atoms with van der Waals surface area (Å²) in [5.74, 6) is 0. The van der Waals surface area contributed by atoms with E-state index >= 15 is 0 Å². The standard InChI is InChI=1S/C9H13N/c1-6-4-5-9(10)8(3)7(6)2/h4-5H,10H2,1-3H3. The van der Waals surface area contributed by atoms with Crippen molar-refractivity contribution in [3.63, 3.8) is 0 Å². The van der Waals surface area contributed by atoms with E-state index in [0.717, 1.165) is 5.69 Å². The quantitative estimate of drug-likeness (QED) is 0.542. The van der Waals surface area contributed by atoms with Gasteiger partial charge in [0.25, 0.3) is 0 Å². The van der Waals surface area contributed by atoms with Gasteiger partial charge in [-0.15, -0.1) is 0 Å². The number of rotatable bonds is 0. The summed E-state index contributed by atoms with van der Waals surface area (Å²) in [5.41, 5.74) is 10.4. The SMILES string of the molecule is Cc1ccc(N)c(C)c1C. The van der Waals surface area contributed by atoms with Gasteiger partial charge < -0.3 is 5.73 Å². The molecule has 0 fully saturated rings. The Hall–Kier alpha value is -0.980. The van der Waals surface area contributed by atoms with Gasteiger partial charge in [0.05, 0.1) is 0 Å². The summed E-state index contributed by atoms with van der Waals surface area (Å²) in [7, 11) is 0.